The largest absolute Gasteiger partial charge is 0.480 e. The van der Waals surface area contributed by atoms with Crippen LogP contribution in [-0.4, -0.2) is 48.6 Å². The van der Waals surface area contributed by atoms with Crippen LogP contribution >= 0.6 is 0 Å². The Morgan fingerprint density at radius 1 is 1.45 bits per heavy atom. The first-order valence-electron chi connectivity index (χ1n) is 7.48. The van der Waals surface area contributed by atoms with Gasteiger partial charge < -0.3 is 15.7 Å². The molecule has 1 aliphatic heterocycles. The molecule has 1 atom stereocenters. The first kappa shape index (κ1) is 14.5. The fraction of sp³-hybridized carbons (Fsp3) is 0.615. The summed E-state index contributed by atoms with van der Waals surface area (Å²) in [4.78, 5) is 21.6. The molecular weight excluding hydrogens is 286 g/mol. The topological polar surface area (TPSA) is 123 Å². The summed E-state index contributed by atoms with van der Waals surface area (Å²) < 4.78 is 1.70. The van der Waals surface area contributed by atoms with E-state index in [4.69, 9.17) is 5.73 Å². The molecule has 118 valence electrons. The lowest BCUT2D eigenvalue weighted by molar-refractivity contribution is -0.138. The number of hydrogen-bond donors (Lipinski definition) is 2. The monoisotopic (exact) mass is 305 g/mol. The van der Waals surface area contributed by atoms with E-state index in [9.17, 15) is 9.90 Å². The van der Waals surface area contributed by atoms with E-state index < -0.39 is 12.0 Å². The highest BCUT2D eigenvalue weighted by molar-refractivity contribution is 5.88. The van der Waals surface area contributed by atoms with Crippen LogP contribution in [-0.2, 0) is 11.3 Å². The van der Waals surface area contributed by atoms with Crippen LogP contribution < -0.4 is 10.6 Å². The number of carboxylic acid groups (broad SMARTS) is 1. The predicted molar refractivity (Wildman–Crippen MR) is 80.4 cm³/mol. The molecule has 9 nitrogen and oxygen atoms in total. The summed E-state index contributed by atoms with van der Waals surface area (Å²) in [6.07, 6.45) is 3.37. The van der Waals surface area contributed by atoms with E-state index in [1.807, 2.05) is 0 Å². The van der Waals surface area contributed by atoms with Gasteiger partial charge in [-0.15, -0.1) is 5.10 Å². The third-order valence-electron chi connectivity index (χ3n) is 3.90. The maximum absolute atomic E-state index is 11.4. The smallest absolute Gasteiger partial charge is 0.326 e. The number of fused-ring (bicyclic) bond motifs is 1. The zero-order valence-electron chi connectivity index (χ0n) is 12.4. The fourth-order valence-corrected chi connectivity index (χ4v) is 2.79. The Balaban J connectivity index is 2.06. The van der Waals surface area contributed by atoms with Crippen molar-refractivity contribution in [3.05, 3.63) is 0 Å². The van der Waals surface area contributed by atoms with Crippen molar-refractivity contribution in [2.24, 2.45) is 0 Å². The van der Waals surface area contributed by atoms with Gasteiger partial charge in [0.1, 0.15) is 6.04 Å². The van der Waals surface area contributed by atoms with Gasteiger partial charge in [-0.1, -0.05) is 18.6 Å². The lowest BCUT2D eigenvalue weighted by atomic mass is 10.2. The molecule has 3 N–H and O–H groups in total. The Morgan fingerprint density at radius 2 is 2.27 bits per heavy atom. The van der Waals surface area contributed by atoms with Crippen LogP contribution in [0.1, 0.15) is 32.6 Å². The predicted octanol–water partition coefficient (Wildman–Crippen LogP) is 0.657. The number of aliphatic carboxylic acids is 1. The number of nitrogen functional groups attached to an aromatic ring is 1. The standard InChI is InChI=1S/C13H19N7O2/c1-2-3-7-20-11-9(17-18-20)10(15-13(14)16-11)19-6-4-5-8(19)12(21)22/h8H,2-7H2,1H3,(H,21,22)(H2,14,15,16). The van der Waals surface area contributed by atoms with Crippen LogP contribution in [0.15, 0.2) is 0 Å². The number of aromatic nitrogens is 5. The van der Waals surface area contributed by atoms with Crippen molar-refractivity contribution in [3.63, 3.8) is 0 Å². The van der Waals surface area contributed by atoms with Gasteiger partial charge in [0.25, 0.3) is 0 Å². The van der Waals surface area contributed by atoms with E-state index in [1.54, 1.807) is 9.58 Å². The second-order valence-electron chi connectivity index (χ2n) is 5.43. The van der Waals surface area contributed by atoms with Gasteiger partial charge in [-0.3, -0.25) is 0 Å². The van der Waals surface area contributed by atoms with E-state index in [1.165, 1.54) is 0 Å². The van der Waals surface area contributed by atoms with E-state index in [2.05, 4.69) is 27.2 Å². The molecule has 1 saturated heterocycles. The number of rotatable bonds is 5. The molecule has 1 aliphatic rings. The summed E-state index contributed by atoms with van der Waals surface area (Å²) in [7, 11) is 0. The summed E-state index contributed by atoms with van der Waals surface area (Å²) in [5.74, 6) is -0.282. The number of hydrogen-bond acceptors (Lipinski definition) is 7. The summed E-state index contributed by atoms with van der Waals surface area (Å²) in [6.45, 7) is 3.41. The van der Waals surface area contributed by atoms with Gasteiger partial charge in [0.05, 0.1) is 0 Å². The molecule has 0 bridgehead atoms. The molecule has 0 radical (unpaired) electrons. The van der Waals surface area contributed by atoms with Gasteiger partial charge in [-0.2, -0.15) is 9.97 Å². The summed E-state index contributed by atoms with van der Waals surface area (Å²) >= 11 is 0. The van der Waals surface area contributed by atoms with Gasteiger partial charge in [0.2, 0.25) is 5.95 Å². The minimum absolute atomic E-state index is 0.110. The second kappa shape index (κ2) is 5.74. The molecular formula is C13H19N7O2. The Labute approximate surface area is 127 Å². The number of nitrogens with two attached hydrogens (primary N) is 1. The van der Waals surface area contributed by atoms with Crippen LogP contribution in [0, 0.1) is 0 Å². The normalized spacial score (nSPS) is 18.2. The second-order valence-corrected chi connectivity index (χ2v) is 5.43. The molecule has 1 unspecified atom stereocenters. The number of carboxylic acids is 1. The minimum Gasteiger partial charge on any atom is -0.480 e. The third-order valence-corrected chi connectivity index (χ3v) is 3.90. The number of carbonyl (C=O) groups is 1. The van der Waals surface area contributed by atoms with Gasteiger partial charge in [-0.25, -0.2) is 9.48 Å². The van der Waals surface area contributed by atoms with Gasteiger partial charge >= 0.3 is 5.97 Å². The average Bonchev–Trinajstić information content (AvgIpc) is 3.11. The SMILES string of the molecule is CCCCn1nnc2c(N3CCCC3C(=O)O)nc(N)nc21. The summed E-state index contributed by atoms with van der Waals surface area (Å²) in [6, 6.07) is -0.599. The van der Waals surface area contributed by atoms with Gasteiger partial charge in [0, 0.05) is 13.1 Å². The first-order chi connectivity index (χ1) is 10.6. The van der Waals surface area contributed by atoms with Crippen molar-refractivity contribution >= 4 is 28.9 Å². The molecule has 2 aromatic rings. The Morgan fingerprint density at radius 3 is 3.00 bits per heavy atom. The molecule has 3 rings (SSSR count). The van der Waals surface area contributed by atoms with Crippen molar-refractivity contribution in [2.45, 2.75) is 45.2 Å². The van der Waals surface area contributed by atoms with Crippen LogP contribution in [0.4, 0.5) is 11.8 Å². The molecule has 0 aliphatic carbocycles. The highest BCUT2D eigenvalue weighted by Crippen LogP contribution is 2.29. The number of aryl methyl sites for hydroxylation is 1. The van der Waals surface area contributed by atoms with Gasteiger partial charge in [0.15, 0.2) is 17.0 Å². The molecule has 0 aromatic carbocycles. The number of anilines is 2. The number of nitrogens with zero attached hydrogens (tertiary/aromatic N) is 6. The minimum atomic E-state index is -0.860. The highest BCUT2D eigenvalue weighted by Gasteiger charge is 2.33. The van der Waals surface area contributed by atoms with Crippen LogP contribution in [0.25, 0.3) is 11.2 Å². The maximum Gasteiger partial charge on any atom is 0.326 e. The first-order valence-corrected chi connectivity index (χ1v) is 7.48. The molecule has 1 fully saturated rings. The van der Waals surface area contributed by atoms with E-state index in [0.29, 0.717) is 36.5 Å². The molecule has 22 heavy (non-hydrogen) atoms. The molecule has 0 spiro atoms. The van der Waals surface area contributed by atoms with Crippen LogP contribution in [0.2, 0.25) is 0 Å². The third kappa shape index (κ3) is 2.42. The zero-order chi connectivity index (χ0) is 15.7. The Bertz CT molecular complexity index is 699. The van der Waals surface area contributed by atoms with Crippen molar-refractivity contribution < 1.29 is 9.90 Å². The van der Waals surface area contributed by atoms with E-state index in [0.717, 1.165) is 19.3 Å². The molecule has 0 saturated carbocycles. The zero-order valence-corrected chi connectivity index (χ0v) is 12.4. The van der Waals surface area contributed by atoms with Crippen molar-refractivity contribution in [1.29, 1.82) is 0 Å². The molecule has 2 aromatic heterocycles. The van der Waals surface area contributed by atoms with E-state index >= 15 is 0 Å². The Hall–Kier alpha value is -2.45. The average molecular weight is 305 g/mol. The van der Waals surface area contributed by atoms with Gasteiger partial charge in [-0.05, 0) is 19.3 Å². The van der Waals surface area contributed by atoms with E-state index in [-0.39, 0.29) is 5.95 Å². The van der Waals surface area contributed by atoms with Crippen molar-refractivity contribution in [2.75, 3.05) is 17.2 Å². The molecule has 3 heterocycles. The maximum atomic E-state index is 11.4. The van der Waals surface area contributed by atoms with Crippen LogP contribution in [0.5, 0.6) is 0 Å². The summed E-state index contributed by atoms with van der Waals surface area (Å²) in [5, 5.41) is 17.6. The number of unbranched alkanes of at least 4 members (excludes halogenated alkanes) is 1. The van der Waals surface area contributed by atoms with Crippen molar-refractivity contribution in [3.8, 4) is 0 Å². The molecule has 9 heteroatoms. The highest BCUT2D eigenvalue weighted by atomic mass is 16.4. The lowest BCUT2D eigenvalue weighted by Gasteiger charge is -2.22. The lowest BCUT2D eigenvalue weighted by Crippen LogP contribution is -2.36. The molecule has 0 amide bonds. The quantitative estimate of drug-likeness (QED) is 0.825. The van der Waals surface area contributed by atoms with Crippen molar-refractivity contribution in [1.82, 2.24) is 25.0 Å². The fourth-order valence-electron chi connectivity index (χ4n) is 2.79. The van der Waals surface area contributed by atoms with Crippen LogP contribution in [0.3, 0.4) is 0 Å². The Kier molecular flexibility index (Phi) is 3.78. The summed E-state index contributed by atoms with van der Waals surface area (Å²) in [5.41, 5.74) is 6.88.